The molecule has 0 aliphatic carbocycles. The molecule has 0 amide bonds. The standard InChI is InChI=1S/C9H18O3/c1-7-5-9(2,11-4)6-8(10-3)12-7/h7-8H,5-6H2,1-4H3/t7-,8?,9-/m0/s1. The Labute approximate surface area is 74.0 Å². The molecular weight excluding hydrogens is 156 g/mol. The van der Waals surface area contributed by atoms with E-state index in [2.05, 4.69) is 6.92 Å². The van der Waals surface area contributed by atoms with Crippen LogP contribution >= 0.6 is 0 Å². The molecule has 0 N–H and O–H groups in total. The van der Waals surface area contributed by atoms with Crippen molar-refractivity contribution in [3.8, 4) is 0 Å². The molecule has 1 rings (SSSR count). The lowest BCUT2D eigenvalue weighted by molar-refractivity contribution is -0.227. The highest BCUT2D eigenvalue weighted by Crippen LogP contribution is 2.31. The maximum absolute atomic E-state index is 5.53. The first-order valence-electron chi connectivity index (χ1n) is 4.33. The van der Waals surface area contributed by atoms with Crippen molar-refractivity contribution in [2.24, 2.45) is 0 Å². The van der Waals surface area contributed by atoms with Gasteiger partial charge in [-0.1, -0.05) is 0 Å². The SMILES string of the molecule is COC1C[C@@](C)(OC)C[C@H](C)O1. The Morgan fingerprint density at radius 1 is 1.33 bits per heavy atom. The van der Waals surface area contributed by atoms with Crippen molar-refractivity contribution in [3.05, 3.63) is 0 Å². The minimum Gasteiger partial charge on any atom is -0.378 e. The van der Waals surface area contributed by atoms with E-state index in [0.29, 0.717) is 0 Å². The number of hydrogen-bond donors (Lipinski definition) is 0. The summed E-state index contributed by atoms with van der Waals surface area (Å²) >= 11 is 0. The van der Waals surface area contributed by atoms with Crippen LogP contribution in [0.2, 0.25) is 0 Å². The predicted octanol–water partition coefficient (Wildman–Crippen LogP) is 1.56. The van der Waals surface area contributed by atoms with Gasteiger partial charge < -0.3 is 14.2 Å². The van der Waals surface area contributed by atoms with Gasteiger partial charge in [0.25, 0.3) is 0 Å². The van der Waals surface area contributed by atoms with E-state index < -0.39 is 0 Å². The first kappa shape index (κ1) is 9.96. The average molecular weight is 174 g/mol. The summed E-state index contributed by atoms with van der Waals surface area (Å²) in [6.07, 6.45) is 1.85. The van der Waals surface area contributed by atoms with Gasteiger partial charge in [-0.05, 0) is 13.8 Å². The Bertz CT molecular complexity index is 149. The van der Waals surface area contributed by atoms with Crippen molar-refractivity contribution in [2.45, 2.75) is 44.7 Å². The molecule has 1 aliphatic rings. The summed E-state index contributed by atoms with van der Waals surface area (Å²) in [6, 6.07) is 0. The molecule has 0 saturated carbocycles. The molecule has 12 heavy (non-hydrogen) atoms. The van der Waals surface area contributed by atoms with Gasteiger partial charge in [-0.2, -0.15) is 0 Å². The summed E-state index contributed by atoms with van der Waals surface area (Å²) in [6.45, 7) is 4.14. The van der Waals surface area contributed by atoms with E-state index in [1.54, 1.807) is 14.2 Å². The highest BCUT2D eigenvalue weighted by Gasteiger charge is 2.36. The fraction of sp³-hybridized carbons (Fsp3) is 1.00. The number of methoxy groups -OCH3 is 2. The zero-order chi connectivity index (χ0) is 9.19. The minimum atomic E-state index is -0.112. The molecule has 3 atom stereocenters. The largest absolute Gasteiger partial charge is 0.378 e. The normalized spacial score (nSPS) is 43.0. The monoisotopic (exact) mass is 174 g/mol. The quantitative estimate of drug-likeness (QED) is 0.636. The van der Waals surface area contributed by atoms with Gasteiger partial charge >= 0.3 is 0 Å². The third kappa shape index (κ3) is 2.19. The molecule has 0 spiro atoms. The molecule has 0 aromatic rings. The van der Waals surface area contributed by atoms with Gasteiger partial charge in [0.2, 0.25) is 0 Å². The molecule has 3 heteroatoms. The van der Waals surface area contributed by atoms with Crippen LogP contribution in [0.25, 0.3) is 0 Å². The Kier molecular flexibility index (Phi) is 3.09. The Balaban J connectivity index is 2.56. The molecule has 0 radical (unpaired) electrons. The number of ether oxygens (including phenoxy) is 3. The molecule has 0 aromatic carbocycles. The van der Waals surface area contributed by atoms with Crippen LogP contribution in [0.3, 0.4) is 0 Å². The molecule has 1 saturated heterocycles. The molecular formula is C9H18O3. The summed E-state index contributed by atoms with van der Waals surface area (Å²) in [7, 11) is 3.41. The van der Waals surface area contributed by atoms with E-state index in [1.165, 1.54) is 0 Å². The van der Waals surface area contributed by atoms with Crippen LogP contribution in [0.1, 0.15) is 26.7 Å². The third-order valence-corrected chi connectivity index (χ3v) is 2.46. The van der Waals surface area contributed by atoms with Crippen LogP contribution in [-0.2, 0) is 14.2 Å². The van der Waals surface area contributed by atoms with E-state index in [-0.39, 0.29) is 18.0 Å². The minimum absolute atomic E-state index is 0.0850. The first-order valence-corrected chi connectivity index (χ1v) is 4.33. The number of hydrogen-bond acceptors (Lipinski definition) is 3. The maximum Gasteiger partial charge on any atom is 0.160 e. The Hall–Kier alpha value is -0.120. The van der Waals surface area contributed by atoms with E-state index in [9.17, 15) is 0 Å². The second kappa shape index (κ2) is 3.73. The molecule has 1 heterocycles. The number of rotatable bonds is 2. The van der Waals surface area contributed by atoms with E-state index in [4.69, 9.17) is 14.2 Å². The van der Waals surface area contributed by atoms with Gasteiger partial charge in [-0.25, -0.2) is 0 Å². The van der Waals surface area contributed by atoms with Gasteiger partial charge in [0.15, 0.2) is 6.29 Å². The highest BCUT2D eigenvalue weighted by atomic mass is 16.7. The van der Waals surface area contributed by atoms with Crippen LogP contribution in [-0.4, -0.2) is 32.2 Å². The van der Waals surface area contributed by atoms with Gasteiger partial charge in [0.05, 0.1) is 11.7 Å². The van der Waals surface area contributed by atoms with E-state index in [0.717, 1.165) is 12.8 Å². The molecule has 0 aromatic heterocycles. The second-order valence-corrected chi connectivity index (χ2v) is 3.67. The van der Waals surface area contributed by atoms with Crippen molar-refractivity contribution >= 4 is 0 Å². The zero-order valence-corrected chi connectivity index (χ0v) is 8.29. The lowest BCUT2D eigenvalue weighted by Crippen LogP contribution is -2.44. The summed E-state index contributed by atoms with van der Waals surface area (Å²) in [5, 5.41) is 0. The molecule has 1 unspecified atom stereocenters. The smallest absolute Gasteiger partial charge is 0.160 e. The fourth-order valence-corrected chi connectivity index (χ4v) is 1.70. The van der Waals surface area contributed by atoms with Gasteiger partial charge in [-0.3, -0.25) is 0 Å². The van der Waals surface area contributed by atoms with Crippen LogP contribution < -0.4 is 0 Å². The third-order valence-electron chi connectivity index (χ3n) is 2.46. The molecule has 72 valence electrons. The van der Waals surface area contributed by atoms with Gasteiger partial charge in [0, 0.05) is 27.1 Å². The zero-order valence-electron chi connectivity index (χ0n) is 8.29. The van der Waals surface area contributed by atoms with Crippen LogP contribution in [0.4, 0.5) is 0 Å². The second-order valence-electron chi connectivity index (χ2n) is 3.67. The lowest BCUT2D eigenvalue weighted by Gasteiger charge is -2.39. The summed E-state index contributed by atoms with van der Waals surface area (Å²) < 4.78 is 16.1. The van der Waals surface area contributed by atoms with Crippen molar-refractivity contribution in [1.29, 1.82) is 0 Å². The van der Waals surface area contributed by atoms with E-state index >= 15 is 0 Å². The van der Waals surface area contributed by atoms with Crippen LogP contribution in [0, 0.1) is 0 Å². The molecule has 1 fully saturated rings. The van der Waals surface area contributed by atoms with Crippen molar-refractivity contribution < 1.29 is 14.2 Å². The fourth-order valence-electron chi connectivity index (χ4n) is 1.70. The van der Waals surface area contributed by atoms with Gasteiger partial charge in [0.1, 0.15) is 0 Å². The maximum atomic E-state index is 5.53. The summed E-state index contributed by atoms with van der Waals surface area (Å²) in [4.78, 5) is 0. The Morgan fingerprint density at radius 3 is 2.50 bits per heavy atom. The first-order chi connectivity index (χ1) is 5.59. The van der Waals surface area contributed by atoms with Crippen molar-refractivity contribution in [1.82, 2.24) is 0 Å². The summed E-state index contributed by atoms with van der Waals surface area (Å²) in [5.74, 6) is 0. The molecule has 1 aliphatic heterocycles. The molecule has 3 nitrogen and oxygen atoms in total. The van der Waals surface area contributed by atoms with Crippen molar-refractivity contribution in [3.63, 3.8) is 0 Å². The van der Waals surface area contributed by atoms with E-state index in [1.807, 2.05) is 6.92 Å². The van der Waals surface area contributed by atoms with Crippen LogP contribution in [0.5, 0.6) is 0 Å². The topological polar surface area (TPSA) is 27.7 Å². The predicted molar refractivity (Wildman–Crippen MR) is 46.0 cm³/mol. The Morgan fingerprint density at radius 2 is 2.00 bits per heavy atom. The van der Waals surface area contributed by atoms with Gasteiger partial charge in [-0.15, -0.1) is 0 Å². The lowest BCUT2D eigenvalue weighted by atomic mass is 9.92. The molecule has 0 bridgehead atoms. The summed E-state index contributed by atoms with van der Waals surface area (Å²) in [5.41, 5.74) is -0.0850. The highest BCUT2D eigenvalue weighted by molar-refractivity contribution is 4.83. The average Bonchev–Trinajstić information content (AvgIpc) is 2.03. The van der Waals surface area contributed by atoms with Crippen LogP contribution in [0.15, 0.2) is 0 Å². The van der Waals surface area contributed by atoms with Crippen molar-refractivity contribution in [2.75, 3.05) is 14.2 Å².